The molecule has 3 nitrogen and oxygen atoms in total. The maximum absolute atomic E-state index is 11.7. The molecule has 0 unspecified atom stereocenters. The van der Waals surface area contributed by atoms with Crippen molar-refractivity contribution in [3.05, 3.63) is 46.7 Å². The standard InChI is InChI=1S/C14H12O3S/c15-12(6-7-14(16)17)13-8-11(9-18-13)10-4-2-1-3-5-10/h1-5,8-9H,6-7H2,(H,16,17). The van der Waals surface area contributed by atoms with Crippen molar-refractivity contribution in [2.75, 3.05) is 0 Å². The second-order valence-electron chi connectivity index (χ2n) is 3.88. The molecule has 0 saturated heterocycles. The first kappa shape index (κ1) is 12.5. The Morgan fingerprint density at radius 1 is 1.06 bits per heavy atom. The fourth-order valence-electron chi connectivity index (χ4n) is 1.61. The van der Waals surface area contributed by atoms with Gasteiger partial charge in [-0.25, -0.2) is 0 Å². The number of aliphatic carboxylic acids is 1. The number of carboxylic acids is 1. The number of carbonyl (C=O) groups is 2. The van der Waals surface area contributed by atoms with Gasteiger partial charge in [0.1, 0.15) is 0 Å². The van der Waals surface area contributed by atoms with Gasteiger partial charge in [-0.05, 0) is 22.6 Å². The van der Waals surface area contributed by atoms with E-state index < -0.39 is 5.97 Å². The maximum Gasteiger partial charge on any atom is 0.303 e. The van der Waals surface area contributed by atoms with Crippen molar-refractivity contribution >= 4 is 23.1 Å². The molecule has 0 aliphatic heterocycles. The number of benzene rings is 1. The average Bonchev–Trinajstić information content (AvgIpc) is 2.86. The van der Waals surface area contributed by atoms with Gasteiger partial charge in [0.25, 0.3) is 0 Å². The highest BCUT2D eigenvalue weighted by atomic mass is 32.1. The molecule has 0 spiro atoms. The highest BCUT2D eigenvalue weighted by Gasteiger charge is 2.11. The Kier molecular flexibility index (Phi) is 3.89. The molecule has 18 heavy (non-hydrogen) atoms. The van der Waals surface area contributed by atoms with Crippen LogP contribution >= 0.6 is 11.3 Å². The first-order chi connectivity index (χ1) is 8.66. The Hall–Kier alpha value is -1.94. The molecular formula is C14H12O3S. The fraction of sp³-hybridized carbons (Fsp3) is 0.143. The third-order valence-corrected chi connectivity index (χ3v) is 3.52. The number of ketones is 1. The van der Waals surface area contributed by atoms with Crippen molar-refractivity contribution in [2.45, 2.75) is 12.8 Å². The molecule has 1 heterocycles. The molecule has 0 amide bonds. The summed E-state index contributed by atoms with van der Waals surface area (Å²) in [5.41, 5.74) is 2.06. The average molecular weight is 260 g/mol. The first-order valence-corrected chi connectivity index (χ1v) is 6.44. The van der Waals surface area contributed by atoms with Crippen LogP contribution in [-0.2, 0) is 4.79 Å². The van der Waals surface area contributed by atoms with Crippen LogP contribution in [-0.4, -0.2) is 16.9 Å². The Labute approximate surface area is 109 Å². The molecule has 0 radical (unpaired) electrons. The normalized spacial score (nSPS) is 10.2. The lowest BCUT2D eigenvalue weighted by Crippen LogP contribution is -2.01. The van der Waals surface area contributed by atoms with Crippen LogP contribution in [0.4, 0.5) is 0 Å². The first-order valence-electron chi connectivity index (χ1n) is 5.56. The third kappa shape index (κ3) is 3.05. The highest BCUT2D eigenvalue weighted by molar-refractivity contribution is 7.12. The van der Waals surface area contributed by atoms with Crippen molar-refractivity contribution in [1.29, 1.82) is 0 Å². The van der Waals surface area contributed by atoms with Crippen LogP contribution in [0.3, 0.4) is 0 Å². The molecule has 4 heteroatoms. The predicted molar refractivity (Wildman–Crippen MR) is 71.0 cm³/mol. The molecule has 0 aliphatic carbocycles. The van der Waals surface area contributed by atoms with Crippen LogP contribution in [0.25, 0.3) is 11.1 Å². The van der Waals surface area contributed by atoms with Gasteiger partial charge in [0.2, 0.25) is 0 Å². The minimum Gasteiger partial charge on any atom is -0.481 e. The van der Waals surface area contributed by atoms with Gasteiger partial charge in [0.15, 0.2) is 5.78 Å². The van der Waals surface area contributed by atoms with E-state index in [9.17, 15) is 9.59 Å². The fourth-order valence-corrected chi connectivity index (χ4v) is 2.49. The highest BCUT2D eigenvalue weighted by Crippen LogP contribution is 2.26. The Balaban J connectivity index is 2.11. The van der Waals surface area contributed by atoms with Gasteiger partial charge >= 0.3 is 5.97 Å². The van der Waals surface area contributed by atoms with Gasteiger partial charge in [-0.1, -0.05) is 30.3 Å². The third-order valence-electron chi connectivity index (χ3n) is 2.55. The van der Waals surface area contributed by atoms with Crippen molar-refractivity contribution in [3.63, 3.8) is 0 Å². The molecule has 1 aromatic heterocycles. The summed E-state index contributed by atoms with van der Waals surface area (Å²) in [4.78, 5) is 22.8. The van der Waals surface area contributed by atoms with Crippen LogP contribution in [0.2, 0.25) is 0 Å². The smallest absolute Gasteiger partial charge is 0.303 e. The van der Waals surface area contributed by atoms with E-state index in [4.69, 9.17) is 5.11 Å². The van der Waals surface area contributed by atoms with Crippen LogP contribution < -0.4 is 0 Å². The largest absolute Gasteiger partial charge is 0.481 e. The number of rotatable bonds is 5. The van der Waals surface area contributed by atoms with E-state index in [0.29, 0.717) is 4.88 Å². The van der Waals surface area contributed by atoms with Crippen LogP contribution in [0, 0.1) is 0 Å². The Bertz CT molecular complexity index is 557. The van der Waals surface area contributed by atoms with Crippen molar-refractivity contribution < 1.29 is 14.7 Å². The molecular weight excluding hydrogens is 248 g/mol. The molecule has 2 rings (SSSR count). The van der Waals surface area contributed by atoms with Gasteiger partial charge in [-0.3, -0.25) is 9.59 Å². The Morgan fingerprint density at radius 2 is 1.78 bits per heavy atom. The van der Waals surface area contributed by atoms with E-state index in [1.807, 2.05) is 41.8 Å². The number of carboxylic acid groups (broad SMARTS) is 1. The molecule has 1 aromatic carbocycles. The van der Waals surface area contributed by atoms with E-state index in [1.165, 1.54) is 11.3 Å². The van der Waals surface area contributed by atoms with Gasteiger partial charge in [-0.15, -0.1) is 11.3 Å². The van der Waals surface area contributed by atoms with E-state index in [2.05, 4.69) is 0 Å². The number of hydrogen-bond acceptors (Lipinski definition) is 3. The van der Waals surface area contributed by atoms with Crippen LogP contribution in [0.1, 0.15) is 22.5 Å². The summed E-state index contributed by atoms with van der Waals surface area (Å²) in [6, 6.07) is 11.6. The van der Waals surface area contributed by atoms with Crippen molar-refractivity contribution in [2.24, 2.45) is 0 Å². The predicted octanol–water partition coefficient (Wildman–Crippen LogP) is 3.46. The SMILES string of the molecule is O=C(O)CCC(=O)c1cc(-c2ccccc2)cs1. The van der Waals surface area contributed by atoms with Crippen molar-refractivity contribution in [1.82, 2.24) is 0 Å². The summed E-state index contributed by atoms with van der Waals surface area (Å²) in [6.45, 7) is 0. The summed E-state index contributed by atoms with van der Waals surface area (Å²) < 4.78 is 0. The maximum atomic E-state index is 11.7. The quantitative estimate of drug-likeness (QED) is 0.837. The van der Waals surface area contributed by atoms with Gasteiger partial charge in [-0.2, -0.15) is 0 Å². The van der Waals surface area contributed by atoms with E-state index in [-0.39, 0.29) is 18.6 Å². The lowest BCUT2D eigenvalue weighted by atomic mass is 10.1. The van der Waals surface area contributed by atoms with Crippen LogP contribution in [0.15, 0.2) is 41.8 Å². The Morgan fingerprint density at radius 3 is 2.44 bits per heavy atom. The zero-order valence-electron chi connectivity index (χ0n) is 9.63. The monoisotopic (exact) mass is 260 g/mol. The minimum absolute atomic E-state index is 0.0596. The molecule has 92 valence electrons. The second kappa shape index (κ2) is 5.60. The van der Waals surface area contributed by atoms with E-state index >= 15 is 0 Å². The molecule has 0 fully saturated rings. The minimum atomic E-state index is -0.941. The topological polar surface area (TPSA) is 54.4 Å². The van der Waals surface area contributed by atoms with Gasteiger partial charge in [0, 0.05) is 6.42 Å². The molecule has 0 aliphatic rings. The molecule has 2 aromatic rings. The summed E-state index contributed by atoms with van der Waals surface area (Å²) in [6.07, 6.45) is -0.0541. The number of hydrogen-bond donors (Lipinski definition) is 1. The van der Waals surface area contributed by atoms with Gasteiger partial charge in [0.05, 0.1) is 11.3 Å². The lowest BCUT2D eigenvalue weighted by molar-refractivity contribution is -0.136. The second-order valence-corrected chi connectivity index (χ2v) is 4.79. The molecule has 0 bridgehead atoms. The van der Waals surface area contributed by atoms with Crippen LogP contribution in [0.5, 0.6) is 0 Å². The summed E-state index contributed by atoms with van der Waals surface area (Å²) in [7, 11) is 0. The lowest BCUT2D eigenvalue weighted by Gasteiger charge is -1.96. The summed E-state index contributed by atoms with van der Waals surface area (Å²) in [5, 5.41) is 10.5. The number of thiophene rings is 1. The number of Topliss-reactive ketones (excluding diaryl/α,β-unsaturated/α-hetero) is 1. The number of carbonyl (C=O) groups excluding carboxylic acids is 1. The summed E-state index contributed by atoms with van der Waals surface area (Å²) >= 11 is 1.36. The van der Waals surface area contributed by atoms with Crippen molar-refractivity contribution in [3.8, 4) is 11.1 Å². The molecule has 0 saturated carbocycles. The van der Waals surface area contributed by atoms with Gasteiger partial charge < -0.3 is 5.11 Å². The van der Waals surface area contributed by atoms with E-state index in [1.54, 1.807) is 0 Å². The zero-order chi connectivity index (χ0) is 13.0. The molecule has 0 atom stereocenters. The van der Waals surface area contributed by atoms with E-state index in [0.717, 1.165) is 11.1 Å². The zero-order valence-corrected chi connectivity index (χ0v) is 10.4. The molecule has 1 N–H and O–H groups in total. The summed E-state index contributed by atoms with van der Waals surface area (Å²) in [5.74, 6) is -1.05.